The number of hydrogen-bond donors (Lipinski definition) is 1. The molecule has 1 aromatic carbocycles. The Morgan fingerprint density at radius 2 is 2.08 bits per heavy atom. The van der Waals surface area contributed by atoms with E-state index in [2.05, 4.69) is 40.4 Å². The Labute approximate surface area is 145 Å². The van der Waals surface area contributed by atoms with Gasteiger partial charge in [0.2, 0.25) is 5.91 Å². The van der Waals surface area contributed by atoms with Crippen LogP contribution in [0.4, 0.5) is 5.69 Å². The van der Waals surface area contributed by atoms with E-state index in [4.69, 9.17) is 4.74 Å². The van der Waals surface area contributed by atoms with E-state index in [0.717, 1.165) is 45.7 Å². The fraction of sp³-hybridized carbons (Fsp3) is 0.632. The van der Waals surface area contributed by atoms with Gasteiger partial charge in [0.05, 0.1) is 19.3 Å². The lowest BCUT2D eigenvalue weighted by Gasteiger charge is -2.35. The number of fused-ring (bicyclic) bond motifs is 1. The first-order chi connectivity index (χ1) is 11.7. The average molecular weight is 331 g/mol. The Balaban J connectivity index is 1.77. The van der Waals surface area contributed by atoms with Crippen molar-refractivity contribution in [1.82, 2.24) is 10.2 Å². The molecule has 1 aromatic rings. The molecule has 0 saturated carbocycles. The van der Waals surface area contributed by atoms with Crippen molar-refractivity contribution >= 4 is 11.6 Å². The summed E-state index contributed by atoms with van der Waals surface area (Å²) in [5, 5.41) is 3.12. The lowest BCUT2D eigenvalue weighted by molar-refractivity contribution is -0.121. The first-order valence-electron chi connectivity index (χ1n) is 9.11. The molecule has 0 aliphatic carbocycles. The van der Waals surface area contributed by atoms with Crippen LogP contribution in [-0.2, 0) is 16.0 Å². The average Bonchev–Trinajstić information content (AvgIpc) is 2.97. The third-order valence-corrected chi connectivity index (χ3v) is 5.07. The molecule has 2 aliphatic heterocycles. The Kier molecular flexibility index (Phi) is 5.74. The molecule has 2 heterocycles. The summed E-state index contributed by atoms with van der Waals surface area (Å²) in [5.41, 5.74) is 4.07. The SMILES string of the molecule is CCCC(=O)NC[C@@H](c1ccc2c(c1)CCN2C)N1CCOCC1. The minimum atomic E-state index is 0.150. The summed E-state index contributed by atoms with van der Waals surface area (Å²) in [6, 6.07) is 7.03. The molecular formula is C19H29N3O2. The van der Waals surface area contributed by atoms with Crippen molar-refractivity contribution in [2.75, 3.05) is 51.3 Å². The highest BCUT2D eigenvalue weighted by atomic mass is 16.5. The number of nitrogens with zero attached hydrogens (tertiary/aromatic N) is 2. The molecule has 2 aliphatic rings. The molecule has 0 unspecified atom stereocenters. The van der Waals surface area contributed by atoms with Gasteiger partial charge in [0.15, 0.2) is 0 Å². The van der Waals surface area contributed by atoms with Crippen LogP contribution in [0.3, 0.4) is 0 Å². The number of nitrogens with one attached hydrogen (secondary N) is 1. The van der Waals surface area contributed by atoms with E-state index in [9.17, 15) is 4.79 Å². The van der Waals surface area contributed by atoms with Gasteiger partial charge in [0.25, 0.3) is 0 Å². The topological polar surface area (TPSA) is 44.8 Å². The summed E-state index contributed by atoms with van der Waals surface area (Å²) in [6.45, 7) is 7.19. The van der Waals surface area contributed by atoms with Crippen molar-refractivity contribution in [3.63, 3.8) is 0 Å². The largest absolute Gasteiger partial charge is 0.379 e. The second kappa shape index (κ2) is 7.99. The fourth-order valence-corrected chi connectivity index (χ4v) is 3.67. The van der Waals surface area contributed by atoms with Crippen LogP contribution in [0, 0.1) is 0 Å². The molecule has 1 fully saturated rings. The molecule has 0 radical (unpaired) electrons. The van der Waals surface area contributed by atoms with Crippen molar-refractivity contribution in [3.8, 4) is 0 Å². The zero-order valence-electron chi connectivity index (χ0n) is 14.9. The van der Waals surface area contributed by atoms with Crippen LogP contribution in [0.2, 0.25) is 0 Å². The molecule has 1 saturated heterocycles. The normalized spacial score (nSPS) is 19.2. The van der Waals surface area contributed by atoms with Gasteiger partial charge in [-0.2, -0.15) is 0 Å². The maximum atomic E-state index is 11.9. The first kappa shape index (κ1) is 17.2. The van der Waals surface area contributed by atoms with Crippen LogP contribution >= 0.6 is 0 Å². The molecule has 5 nitrogen and oxygen atoms in total. The summed E-state index contributed by atoms with van der Waals surface area (Å²) in [4.78, 5) is 16.7. The number of benzene rings is 1. The Hall–Kier alpha value is -1.59. The molecule has 1 atom stereocenters. The molecule has 0 aromatic heterocycles. The van der Waals surface area contributed by atoms with E-state index in [0.29, 0.717) is 13.0 Å². The fourth-order valence-electron chi connectivity index (χ4n) is 3.67. The predicted molar refractivity (Wildman–Crippen MR) is 96.5 cm³/mol. The second-order valence-electron chi connectivity index (χ2n) is 6.78. The van der Waals surface area contributed by atoms with Gasteiger partial charge in [0.1, 0.15) is 0 Å². The highest BCUT2D eigenvalue weighted by Crippen LogP contribution is 2.31. The van der Waals surface area contributed by atoms with Crippen LogP contribution in [-0.4, -0.2) is 57.2 Å². The first-order valence-corrected chi connectivity index (χ1v) is 9.11. The number of anilines is 1. The molecule has 0 bridgehead atoms. The Bertz CT molecular complexity index is 570. The number of amides is 1. The van der Waals surface area contributed by atoms with Crippen molar-refractivity contribution < 1.29 is 9.53 Å². The minimum Gasteiger partial charge on any atom is -0.379 e. The number of carbonyl (C=O) groups is 1. The second-order valence-corrected chi connectivity index (χ2v) is 6.78. The van der Waals surface area contributed by atoms with E-state index in [1.165, 1.54) is 16.8 Å². The number of likely N-dealkylation sites (N-methyl/N-ethyl adjacent to an activating group) is 1. The zero-order valence-corrected chi connectivity index (χ0v) is 14.9. The third-order valence-electron chi connectivity index (χ3n) is 5.07. The van der Waals surface area contributed by atoms with E-state index in [-0.39, 0.29) is 11.9 Å². The molecule has 132 valence electrons. The van der Waals surface area contributed by atoms with Crippen molar-refractivity contribution in [2.45, 2.75) is 32.2 Å². The van der Waals surface area contributed by atoms with E-state index in [1.54, 1.807) is 0 Å². The van der Waals surface area contributed by atoms with Crippen LogP contribution in [0.5, 0.6) is 0 Å². The number of carbonyl (C=O) groups excluding carboxylic acids is 1. The summed E-state index contributed by atoms with van der Waals surface area (Å²) >= 11 is 0. The zero-order chi connectivity index (χ0) is 16.9. The molecule has 5 heteroatoms. The van der Waals surface area contributed by atoms with Gasteiger partial charge in [-0.05, 0) is 30.0 Å². The monoisotopic (exact) mass is 331 g/mol. The van der Waals surface area contributed by atoms with Gasteiger partial charge in [-0.15, -0.1) is 0 Å². The van der Waals surface area contributed by atoms with E-state index in [1.807, 2.05) is 6.92 Å². The molecule has 24 heavy (non-hydrogen) atoms. The summed E-state index contributed by atoms with van der Waals surface area (Å²) in [6.07, 6.45) is 2.60. The van der Waals surface area contributed by atoms with E-state index >= 15 is 0 Å². The van der Waals surface area contributed by atoms with Gasteiger partial charge in [-0.1, -0.05) is 19.1 Å². The predicted octanol–water partition coefficient (Wildman–Crippen LogP) is 1.97. The smallest absolute Gasteiger partial charge is 0.220 e. The standard InChI is InChI=1S/C19H29N3O2/c1-3-4-19(23)20-14-18(22-9-11-24-12-10-22)15-5-6-17-16(13-15)7-8-21(17)2/h5-6,13,18H,3-4,7-12,14H2,1-2H3,(H,20,23)/t18-/m0/s1. The summed E-state index contributed by atoms with van der Waals surface area (Å²) < 4.78 is 5.50. The maximum Gasteiger partial charge on any atom is 0.220 e. The van der Waals surface area contributed by atoms with Crippen LogP contribution < -0.4 is 10.2 Å². The van der Waals surface area contributed by atoms with Gasteiger partial charge >= 0.3 is 0 Å². The number of morpholine rings is 1. The molecule has 3 rings (SSSR count). The molecule has 1 N–H and O–H groups in total. The lowest BCUT2D eigenvalue weighted by Crippen LogP contribution is -2.43. The van der Waals surface area contributed by atoms with Crippen molar-refractivity contribution in [1.29, 1.82) is 0 Å². The summed E-state index contributed by atoms with van der Waals surface area (Å²) in [5.74, 6) is 0.150. The summed E-state index contributed by atoms with van der Waals surface area (Å²) in [7, 11) is 2.15. The van der Waals surface area contributed by atoms with Gasteiger partial charge in [-0.3, -0.25) is 9.69 Å². The molecule has 0 spiro atoms. The molecular weight excluding hydrogens is 302 g/mol. The van der Waals surface area contributed by atoms with Crippen LogP contribution in [0.1, 0.15) is 36.9 Å². The molecule has 1 amide bonds. The Morgan fingerprint density at radius 1 is 1.29 bits per heavy atom. The van der Waals surface area contributed by atoms with Gasteiger partial charge in [-0.25, -0.2) is 0 Å². The number of rotatable bonds is 6. The van der Waals surface area contributed by atoms with Gasteiger partial charge < -0.3 is 15.0 Å². The number of hydrogen-bond acceptors (Lipinski definition) is 4. The third kappa shape index (κ3) is 3.90. The van der Waals surface area contributed by atoms with Crippen LogP contribution in [0.25, 0.3) is 0 Å². The maximum absolute atomic E-state index is 11.9. The van der Waals surface area contributed by atoms with Crippen molar-refractivity contribution in [3.05, 3.63) is 29.3 Å². The van der Waals surface area contributed by atoms with E-state index < -0.39 is 0 Å². The Morgan fingerprint density at radius 3 is 2.83 bits per heavy atom. The quantitative estimate of drug-likeness (QED) is 0.866. The highest BCUT2D eigenvalue weighted by Gasteiger charge is 2.25. The van der Waals surface area contributed by atoms with Gasteiger partial charge in [0, 0.05) is 45.3 Å². The van der Waals surface area contributed by atoms with Crippen LogP contribution in [0.15, 0.2) is 18.2 Å². The van der Waals surface area contributed by atoms with Crippen molar-refractivity contribution in [2.24, 2.45) is 0 Å². The lowest BCUT2D eigenvalue weighted by atomic mass is 10.0. The minimum absolute atomic E-state index is 0.150. The number of ether oxygens (including phenoxy) is 1. The highest BCUT2D eigenvalue weighted by molar-refractivity contribution is 5.75.